The zero-order valence-corrected chi connectivity index (χ0v) is 16.1. The van der Waals surface area contributed by atoms with E-state index in [9.17, 15) is 9.59 Å². The largest absolute Gasteiger partial charge is 0.497 e. The van der Waals surface area contributed by atoms with Crippen molar-refractivity contribution >= 4 is 17.7 Å². The van der Waals surface area contributed by atoms with E-state index in [1.807, 2.05) is 18.2 Å². The molecule has 1 saturated heterocycles. The Hall–Kier alpha value is -2.48. The highest BCUT2D eigenvalue weighted by molar-refractivity contribution is 7.99. The van der Waals surface area contributed by atoms with Gasteiger partial charge in [0.25, 0.3) is 11.5 Å². The Morgan fingerprint density at radius 3 is 2.89 bits per heavy atom. The molecule has 2 aromatic rings. The Kier molecular flexibility index (Phi) is 4.82. The average molecular weight is 387 g/mol. The number of amides is 1. The molecule has 0 radical (unpaired) electrons. The zero-order valence-electron chi connectivity index (χ0n) is 15.3. The van der Waals surface area contributed by atoms with E-state index in [1.165, 1.54) is 18.0 Å². The van der Waals surface area contributed by atoms with E-state index < -0.39 is 0 Å². The lowest BCUT2D eigenvalue weighted by molar-refractivity contribution is 0.0730. The number of thioether (sulfide) groups is 1. The second-order valence-corrected chi connectivity index (χ2v) is 7.59. The van der Waals surface area contributed by atoms with Gasteiger partial charge in [0.15, 0.2) is 5.16 Å². The molecule has 0 bridgehead atoms. The Morgan fingerprint density at radius 2 is 2.11 bits per heavy atom. The van der Waals surface area contributed by atoms with Crippen molar-refractivity contribution in [3.05, 3.63) is 45.9 Å². The van der Waals surface area contributed by atoms with Crippen LogP contribution in [-0.4, -0.2) is 46.9 Å². The molecule has 0 aliphatic carbocycles. The van der Waals surface area contributed by atoms with Crippen LogP contribution >= 0.6 is 11.8 Å². The van der Waals surface area contributed by atoms with Crippen LogP contribution in [0, 0.1) is 0 Å². The third kappa shape index (κ3) is 3.07. The molecular formula is C19H21N3O4S. The molecule has 1 aromatic heterocycles. The minimum Gasteiger partial charge on any atom is -0.497 e. The standard InChI is InChI=1S/C19H21N3O4S/c1-25-12-5-6-16(26-2)13(10-12)15-4-3-7-21(15)17(23)14-11-20-19-22(18(14)24)8-9-27-19/h5-6,10-11,15H,3-4,7-9H2,1-2H3. The van der Waals surface area contributed by atoms with Gasteiger partial charge in [0, 0.05) is 30.6 Å². The minimum atomic E-state index is -0.271. The fourth-order valence-electron chi connectivity index (χ4n) is 3.75. The number of benzene rings is 1. The summed E-state index contributed by atoms with van der Waals surface area (Å²) in [6.07, 6.45) is 3.10. The van der Waals surface area contributed by atoms with Crippen LogP contribution in [0.2, 0.25) is 0 Å². The molecule has 4 rings (SSSR count). The topological polar surface area (TPSA) is 73.7 Å². The van der Waals surface area contributed by atoms with Gasteiger partial charge in [0.05, 0.1) is 20.3 Å². The first-order valence-electron chi connectivity index (χ1n) is 8.89. The van der Waals surface area contributed by atoms with Crippen molar-refractivity contribution < 1.29 is 14.3 Å². The molecule has 1 atom stereocenters. The molecule has 2 aliphatic rings. The van der Waals surface area contributed by atoms with E-state index in [1.54, 1.807) is 23.7 Å². The molecule has 1 fully saturated rings. The lowest BCUT2D eigenvalue weighted by Crippen LogP contribution is -2.36. The summed E-state index contributed by atoms with van der Waals surface area (Å²) in [6, 6.07) is 5.42. The highest BCUT2D eigenvalue weighted by Gasteiger charge is 2.34. The third-order valence-corrected chi connectivity index (χ3v) is 6.07. The summed E-state index contributed by atoms with van der Waals surface area (Å²) in [4.78, 5) is 32.0. The molecule has 0 spiro atoms. The van der Waals surface area contributed by atoms with Gasteiger partial charge in [0.1, 0.15) is 17.1 Å². The van der Waals surface area contributed by atoms with Gasteiger partial charge in [-0.1, -0.05) is 11.8 Å². The summed E-state index contributed by atoms with van der Waals surface area (Å²) < 4.78 is 12.4. The Bertz CT molecular complexity index is 943. The SMILES string of the molecule is COc1ccc(OC)c(C2CCCN2C(=O)c2cnc3n(c2=O)CCS3)c1. The predicted octanol–water partition coefficient (Wildman–Crippen LogP) is 2.34. The second-order valence-electron chi connectivity index (χ2n) is 6.52. The molecule has 7 nitrogen and oxygen atoms in total. The fourth-order valence-corrected chi connectivity index (χ4v) is 4.67. The van der Waals surface area contributed by atoms with E-state index in [4.69, 9.17) is 9.47 Å². The van der Waals surface area contributed by atoms with Gasteiger partial charge < -0.3 is 14.4 Å². The molecule has 1 unspecified atom stereocenters. The van der Waals surface area contributed by atoms with E-state index in [0.29, 0.717) is 29.7 Å². The first-order valence-corrected chi connectivity index (χ1v) is 9.88. The van der Waals surface area contributed by atoms with Crippen molar-refractivity contribution in [2.75, 3.05) is 26.5 Å². The number of rotatable bonds is 4. The van der Waals surface area contributed by atoms with E-state index >= 15 is 0 Å². The Balaban J connectivity index is 1.70. The minimum absolute atomic E-state index is 0.134. The third-order valence-electron chi connectivity index (χ3n) is 5.10. The molecule has 2 aliphatic heterocycles. The number of carbonyl (C=O) groups excluding carboxylic acids is 1. The van der Waals surface area contributed by atoms with Gasteiger partial charge in [-0.3, -0.25) is 14.2 Å². The maximum atomic E-state index is 13.2. The number of aromatic nitrogens is 2. The number of ether oxygens (including phenoxy) is 2. The summed E-state index contributed by atoms with van der Waals surface area (Å²) in [5, 5.41) is 0.684. The molecule has 0 N–H and O–H groups in total. The molecule has 142 valence electrons. The predicted molar refractivity (Wildman–Crippen MR) is 102 cm³/mol. The Labute approximate surface area is 161 Å². The van der Waals surface area contributed by atoms with Gasteiger partial charge in [-0.2, -0.15) is 0 Å². The van der Waals surface area contributed by atoms with Crippen LogP contribution in [0.15, 0.2) is 34.3 Å². The van der Waals surface area contributed by atoms with E-state index in [-0.39, 0.29) is 23.1 Å². The second kappa shape index (κ2) is 7.26. The number of methoxy groups -OCH3 is 2. The maximum Gasteiger partial charge on any atom is 0.267 e. The normalized spacial score (nSPS) is 18.4. The van der Waals surface area contributed by atoms with E-state index in [2.05, 4.69) is 4.98 Å². The van der Waals surface area contributed by atoms with Crippen molar-refractivity contribution in [3.63, 3.8) is 0 Å². The van der Waals surface area contributed by atoms with Gasteiger partial charge in [0.2, 0.25) is 0 Å². The zero-order chi connectivity index (χ0) is 19.0. The number of nitrogens with zero attached hydrogens (tertiary/aromatic N) is 3. The van der Waals surface area contributed by atoms with Gasteiger partial charge in [-0.05, 0) is 31.0 Å². The molecule has 3 heterocycles. The number of hydrogen-bond donors (Lipinski definition) is 0. The maximum absolute atomic E-state index is 13.2. The molecule has 0 saturated carbocycles. The summed E-state index contributed by atoms with van der Waals surface area (Å²) in [7, 11) is 3.22. The van der Waals surface area contributed by atoms with Gasteiger partial charge >= 0.3 is 0 Å². The van der Waals surface area contributed by atoms with Crippen LogP contribution in [0.25, 0.3) is 0 Å². The number of hydrogen-bond acceptors (Lipinski definition) is 6. The van der Waals surface area contributed by atoms with Crippen LogP contribution in [0.5, 0.6) is 11.5 Å². The molecule has 1 amide bonds. The lowest BCUT2D eigenvalue weighted by Gasteiger charge is -2.26. The average Bonchev–Trinajstić information content (AvgIpc) is 3.37. The fraction of sp³-hybridized carbons (Fsp3) is 0.421. The smallest absolute Gasteiger partial charge is 0.267 e. The number of fused-ring (bicyclic) bond motifs is 1. The van der Waals surface area contributed by atoms with Gasteiger partial charge in [-0.15, -0.1) is 0 Å². The van der Waals surface area contributed by atoms with E-state index in [0.717, 1.165) is 24.2 Å². The van der Waals surface area contributed by atoms with Crippen LogP contribution in [0.1, 0.15) is 34.8 Å². The number of likely N-dealkylation sites (tertiary alicyclic amines) is 1. The van der Waals surface area contributed by atoms with Gasteiger partial charge in [-0.25, -0.2) is 4.98 Å². The summed E-state index contributed by atoms with van der Waals surface area (Å²) >= 11 is 1.54. The Morgan fingerprint density at radius 1 is 1.26 bits per heavy atom. The first-order chi connectivity index (χ1) is 13.1. The molecular weight excluding hydrogens is 366 g/mol. The monoisotopic (exact) mass is 387 g/mol. The summed E-state index contributed by atoms with van der Waals surface area (Å²) in [5.74, 6) is 1.96. The molecule has 1 aromatic carbocycles. The summed E-state index contributed by atoms with van der Waals surface area (Å²) in [6.45, 7) is 1.19. The molecule has 8 heteroatoms. The van der Waals surface area contributed by atoms with Crippen LogP contribution in [-0.2, 0) is 6.54 Å². The number of carbonyl (C=O) groups is 1. The van der Waals surface area contributed by atoms with Crippen molar-refractivity contribution in [1.82, 2.24) is 14.5 Å². The van der Waals surface area contributed by atoms with Crippen molar-refractivity contribution in [1.29, 1.82) is 0 Å². The lowest BCUT2D eigenvalue weighted by atomic mass is 10.0. The highest BCUT2D eigenvalue weighted by Crippen LogP contribution is 2.39. The first kappa shape index (κ1) is 17.9. The van der Waals surface area contributed by atoms with Crippen molar-refractivity contribution in [3.8, 4) is 11.5 Å². The van der Waals surface area contributed by atoms with Crippen molar-refractivity contribution in [2.45, 2.75) is 30.6 Å². The van der Waals surface area contributed by atoms with Crippen LogP contribution in [0.3, 0.4) is 0 Å². The highest BCUT2D eigenvalue weighted by atomic mass is 32.2. The summed E-state index contributed by atoms with van der Waals surface area (Å²) in [5.41, 5.74) is 0.778. The molecule has 27 heavy (non-hydrogen) atoms. The van der Waals surface area contributed by atoms with Crippen LogP contribution < -0.4 is 15.0 Å². The van der Waals surface area contributed by atoms with Crippen LogP contribution in [0.4, 0.5) is 0 Å². The van der Waals surface area contributed by atoms with Crippen molar-refractivity contribution in [2.24, 2.45) is 0 Å². The quantitative estimate of drug-likeness (QED) is 0.750.